The molecule has 0 spiro atoms. The number of carbonyl (C=O) groups excluding carboxylic acids is 1. The summed E-state index contributed by atoms with van der Waals surface area (Å²) in [4.78, 5) is 16.5. The number of aromatic nitrogens is 4. The average Bonchev–Trinajstić information content (AvgIpc) is 3.39. The van der Waals surface area contributed by atoms with Gasteiger partial charge in [-0.15, -0.1) is 28.1 Å². The average molecular weight is 446 g/mol. The summed E-state index contributed by atoms with van der Waals surface area (Å²) in [6.45, 7) is 8.03. The highest BCUT2D eigenvalue weighted by atomic mass is 32.2. The first-order valence-electron chi connectivity index (χ1n) is 9.23. The van der Waals surface area contributed by atoms with Crippen LogP contribution in [-0.4, -0.2) is 38.0 Å². The Balaban J connectivity index is 1.73. The van der Waals surface area contributed by atoms with E-state index in [1.807, 2.05) is 48.1 Å². The van der Waals surface area contributed by atoms with Crippen LogP contribution in [0.5, 0.6) is 11.5 Å². The van der Waals surface area contributed by atoms with E-state index in [2.05, 4.69) is 27.1 Å². The lowest BCUT2D eigenvalue weighted by Gasteiger charge is -2.17. The second-order valence-electron chi connectivity index (χ2n) is 6.27. The third kappa shape index (κ3) is 5.39. The van der Waals surface area contributed by atoms with Crippen LogP contribution in [0.25, 0.3) is 0 Å². The van der Waals surface area contributed by atoms with Gasteiger partial charge in [0.25, 0.3) is 0 Å². The van der Waals surface area contributed by atoms with Gasteiger partial charge in [0.2, 0.25) is 5.91 Å². The number of methoxy groups -OCH3 is 1. The number of rotatable bonds is 10. The third-order valence-electron chi connectivity index (χ3n) is 4.09. The highest BCUT2D eigenvalue weighted by molar-refractivity contribution is 8.00. The van der Waals surface area contributed by atoms with Crippen LogP contribution < -0.4 is 14.8 Å². The SMILES string of the molecule is C=CCn1c(SC(C)C(=O)Nc2nccs2)nnc1C(C)Oc1cccc(OC)c1. The molecule has 158 valence electrons. The van der Waals surface area contributed by atoms with Crippen LogP contribution in [0.2, 0.25) is 0 Å². The second-order valence-corrected chi connectivity index (χ2v) is 8.47. The standard InChI is InChI=1S/C20H23N5O3S2/c1-5-10-25-17(13(2)28-16-8-6-7-15(12-16)27-4)23-24-20(25)30-14(3)18(26)22-19-21-9-11-29-19/h5-9,11-14H,1,10H2,2-4H3,(H,21,22,26). The Kier molecular flexibility index (Phi) is 7.47. The molecule has 2 unspecified atom stereocenters. The van der Waals surface area contributed by atoms with Crippen LogP contribution in [-0.2, 0) is 11.3 Å². The minimum absolute atomic E-state index is 0.148. The number of amides is 1. The highest BCUT2D eigenvalue weighted by Gasteiger charge is 2.23. The number of thiazole rings is 1. The second kappa shape index (κ2) is 10.3. The maximum absolute atomic E-state index is 12.4. The predicted molar refractivity (Wildman–Crippen MR) is 118 cm³/mol. The number of thioether (sulfide) groups is 1. The van der Waals surface area contributed by atoms with E-state index < -0.39 is 0 Å². The Morgan fingerprint density at radius 2 is 2.17 bits per heavy atom. The predicted octanol–water partition coefficient (Wildman–Crippen LogP) is 4.19. The maximum atomic E-state index is 12.4. The molecule has 0 saturated heterocycles. The number of benzene rings is 1. The van der Waals surface area contributed by atoms with Crippen LogP contribution >= 0.6 is 23.1 Å². The molecule has 2 aromatic heterocycles. The molecule has 1 amide bonds. The fourth-order valence-electron chi connectivity index (χ4n) is 2.62. The summed E-state index contributed by atoms with van der Waals surface area (Å²) < 4.78 is 13.2. The molecule has 0 aliphatic rings. The van der Waals surface area contributed by atoms with Crippen molar-refractivity contribution in [2.45, 2.75) is 36.9 Å². The van der Waals surface area contributed by atoms with Gasteiger partial charge in [-0.2, -0.15) is 0 Å². The number of allylic oxidation sites excluding steroid dienone is 1. The van der Waals surface area contributed by atoms with Gasteiger partial charge in [0.1, 0.15) is 11.5 Å². The van der Waals surface area contributed by atoms with Gasteiger partial charge in [0.05, 0.1) is 12.4 Å². The maximum Gasteiger partial charge on any atom is 0.239 e. The zero-order valence-electron chi connectivity index (χ0n) is 16.9. The minimum atomic E-state index is -0.385. The Bertz CT molecular complexity index is 990. The Morgan fingerprint density at radius 3 is 2.87 bits per heavy atom. The van der Waals surface area contributed by atoms with Crippen molar-refractivity contribution < 1.29 is 14.3 Å². The molecule has 2 atom stereocenters. The fourth-order valence-corrected chi connectivity index (χ4v) is 4.02. The molecule has 3 aromatic rings. The molecular formula is C20H23N5O3S2. The number of nitrogens with zero attached hydrogens (tertiary/aromatic N) is 4. The molecule has 0 aliphatic heterocycles. The van der Waals surface area contributed by atoms with Gasteiger partial charge < -0.3 is 14.8 Å². The molecule has 0 saturated carbocycles. The van der Waals surface area contributed by atoms with E-state index in [-0.39, 0.29) is 17.3 Å². The smallest absolute Gasteiger partial charge is 0.239 e. The zero-order valence-corrected chi connectivity index (χ0v) is 18.6. The van der Waals surface area contributed by atoms with Gasteiger partial charge >= 0.3 is 0 Å². The van der Waals surface area contributed by atoms with Crippen molar-refractivity contribution in [1.82, 2.24) is 19.7 Å². The van der Waals surface area contributed by atoms with Crippen molar-refractivity contribution in [3.8, 4) is 11.5 Å². The van der Waals surface area contributed by atoms with Crippen LogP contribution in [0.3, 0.4) is 0 Å². The summed E-state index contributed by atoms with van der Waals surface area (Å²) in [7, 11) is 1.61. The summed E-state index contributed by atoms with van der Waals surface area (Å²) in [5.41, 5.74) is 0. The van der Waals surface area contributed by atoms with Crippen molar-refractivity contribution in [2.75, 3.05) is 12.4 Å². The van der Waals surface area contributed by atoms with Crippen LogP contribution in [0, 0.1) is 0 Å². The van der Waals surface area contributed by atoms with Crippen LogP contribution in [0.1, 0.15) is 25.8 Å². The number of anilines is 1. The summed E-state index contributed by atoms with van der Waals surface area (Å²) in [5.74, 6) is 1.88. The van der Waals surface area contributed by atoms with E-state index in [0.29, 0.717) is 34.2 Å². The first-order valence-corrected chi connectivity index (χ1v) is 11.0. The third-order valence-corrected chi connectivity index (χ3v) is 5.86. The lowest BCUT2D eigenvalue weighted by atomic mass is 10.3. The molecule has 10 heteroatoms. The minimum Gasteiger partial charge on any atom is -0.497 e. The number of nitrogens with one attached hydrogen (secondary N) is 1. The summed E-state index contributed by atoms with van der Waals surface area (Å²) in [5, 5.41) is 14.0. The molecule has 0 aliphatic carbocycles. The molecule has 0 radical (unpaired) electrons. The van der Waals surface area contributed by atoms with Gasteiger partial charge in [-0.05, 0) is 26.0 Å². The summed E-state index contributed by atoms with van der Waals surface area (Å²) in [6.07, 6.45) is 3.04. The molecule has 0 fully saturated rings. The van der Waals surface area contributed by atoms with Gasteiger partial charge in [0, 0.05) is 24.2 Å². The van der Waals surface area contributed by atoms with Gasteiger partial charge in [-0.3, -0.25) is 9.36 Å². The van der Waals surface area contributed by atoms with Gasteiger partial charge in [-0.25, -0.2) is 4.98 Å². The molecule has 2 heterocycles. The van der Waals surface area contributed by atoms with E-state index in [0.717, 1.165) is 0 Å². The van der Waals surface area contributed by atoms with Crippen molar-refractivity contribution >= 4 is 34.1 Å². The van der Waals surface area contributed by atoms with E-state index in [1.165, 1.54) is 23.1 Å². The molecule has 30 heavy (non-hydrogen) atoms. The number of hydrogen-bond donors (Lipinski definition) is 1. The lowest BCUT2D eigenvalue weighted by molar-refractivity contribution is -0.115. The lowest BCUT2D eigenvalue weighted by Crippen LogP contribution is -2.23. The molecule has 8 nitrogen and oxygen atoms in total. The monoisotopic (exact) mass is 445 g/mol. The Morgan fingerprint density at radius 1 is 1.37 bits per heavy atom. The van der Waals surface area contributed by atoms with Crippen molar-refractivity contribution in [2.24, 2.45) is 0 Å². The topological polar surface area (TPSA) is 91.2 Å². The number of ether oxygens (including phenoxy) is 2. The molecule has 1 aromatic carbocycles. The largest absolute Gasteiger partial charge is 0.497 e. The zero-order chi connectivity index (χ0) is 21.5. The number of hydrogen-bond acceptors (Lipinski definition) is 8. The first-order chi connectivity index (χ1) is 14.5. The van der Waals surface area contributed by atoms with Crippen molar-refractivity contribution in [3.63, 3.8) is 0 Å². The van der Waals surface area contributed by atoms with E-state index in [9.17, 15) is 4.79 Å². The van der Waals surface area contributed by atoms with Gasteiger partial charge in [0.15, 0.2) is 22.2 Å². The highest BCUT2D eigenvalue weighted by Crippen LogP contribution is 2.28. The normalized spacial score (nSPS) is 12.8. The molecule has 3 rings (SSSR count). The number of carbonyl (C=O) groups is 1. The van der Waals surface area contributed by atoms with E-state index in [4.69, 9.17) is 9.47 Å². The van der Waals surface area contributed by atoms with Crippen molar-refractivity contribution in [3.05, 3.63) is 54.3 Å². The molecular weight excluding hydrogens is 422 g/mol. The molecule has 1 N–H and O–H groups in total. The summed E-state index contributed by atoms with van der Waals surface area (Å²) >= 11 is 2.70. The Hall–Kier alpha value is -2.85. The van der Waals surface area contributed by atoms with Crippen LogP contribution in [0.15, 0.2) is 53.7 Å². The fraction of sp³-hybridized carbons (Fsp3) is 0.300. The van der Waals surface area contributed by atoms with E-state index >= 15 is 0 Å². The first kappa shape index (κ1) is 21.8. The molecule has 0 bridgehead atoms. The van der Waals surface area contributed by atoms with Crippen LogP contribution in [0.4, 0.5) is 5.13 Å². The van der Waals surface area contributed by atoms with Crippen molar-refractivity contribution in [1.29, 1.82) is 0 Å². The quantitative estimate of drug-likeness (QED) is 0.370. The van der Waals surface area contributed by atoms with E-state index in [1.54, 1.807) is 19.4 Å². The summed E-state index contributed by atoms with van der Waals surface area (Å²) in [6, 6.07) is 7.38. The van der Waals surface area contributed by atoms with Gasteiger partial charge in [-0.1, -0.05) is 23.9 Å². The Labute approximate surface area is 183 Å².